The lowest BCUT2D eigenvalue weighted by Crippen LogP contribution is -2.40. The lowest BCUT2D eigenvalue weighted by Gasteiger charge is -2.31. The van der Waals surface area contributed by atoms with Gasteiger partial charge in [-0.25, -0.2) is 8.42 Å². The molecule has 2 saturated heterocycles. The minimum atomic E-state index is -3.69. The zero-order valence-electron chi connectivity index (χ0n) is 17.8. The Hall–Kier alpha value is -2.42. The number of benzene rings is 2. The van der Waals surface area contributed by atoms with Gasteiger partial charge in [-0.1, -0.05) is 18.2 Å². The third kappa shape index (κ3) is 4.76. The van der Waals surface area contributed by atoms with Crippen LogP contribution < -0.4 is 10.2 Å². The number of amides is 1. The molecule has 1 amide bonds. The molecule has 1 N–H and O–H groups in total. The molecule has 0 aliphatic carbocycles. The summed E-state index contributed by atoms with van der Waals surface area (Å²) in [5, 5.41) is 2.97. The Labute approximate surface area is 184 Å². The van der Waals surface area contributed by atoms with Gasteiger partial charge in [0.1, 0.15) is 0 Å². The van der Waals surface area contributed by atoms with Gasteiger partial charge in [0.2, 0.25) is 10.0 Å². The highest BCUT2D eigenvalue weighted by molar-refractivity contribution is 7.89. The van der Waals surface area contributed by atoms with Crippen molar-refractivity contribution < 1.29 is 17.9 Å². The van der Waals surface area contributed by atoms with Crippen molar-refractivity contribution in [3.05, 3.63) is 53.6 Å². The average molecular weight is 444 g/mol. The number of para-hydroxylation sites is 1. The number of aryl methyl sites for hydroxylation is 1. The van der Waals surface area contributed by atoms with Gasteiger partial charge in [0.25, 0.3) is 5.91 Å². The predicted molar refractivity (Wildman–Crippen MR) is 121 cm³/mol. The molecule has 31 heavy (non-hydrogen) atoms. The van der Waals surface area contributed by atoms with E-state index >= 15 is 0 Å². The standard InChI is InChI=1S/C23H29N3O4S/c1-18-7-3-4-8-21(18)24-23(27)20-17-19(31(28,29)26-13-15-30-16-14-26)9-10-22(20)25-11-5-2-6-12-25/h3-4,7-10,17H,2,5-6,11-16H2,1H3,(H,24,27). The summed E-state index contributed by atoms with van der Waals surface area (Å²) in [5.74, 6) is -0.297. The number of piperidine rings is 1. The number of morpholine rings is 1. The van der Waals surface area contributed by atoms with E-state index in [-0.39, 0.29) is 10.8 Å². The molecule has 2 fully saturated rings. The maximum Gasteiger partial charge on any atom is 0.257 e. The van der Waals surface area contributed by atoms with Gasteiger partial charge < -0.3 is 15.0 Å². The maximum absolute atomic E-state index is 13.3. The van der Waals surface area contributed by atoms with Gasteiger partial charge >= 0.3 is 0 Å². The number of hydrogen-bond acceptors (Lipinski definition) is 5. The van der Waals surface area contributed by atoms with E-state index in [0.29, 0.717) is 31.9 Å². The Morgan fingerprint density at radius 3 is 2.39 bits per heavy atom. The normalized spacial score (nSPS) is 18.0. The lowest BCUT2D eigenvalue weighted by molar-refractivity contribution is 0.0730. The van der Waals surface area contributed by atoms with Gasteiger partial charge in [0, 0.05) is 37.6 Å². The summed E-state index contributed by atoms with van der Waals surface area (Å²) in [7, 11) is -3.69. The molecule has 2 aromatic carbocycles. The molecule has 0 bridgehead atoms. The molecule has 0 spiro atoms. The van der Waals surface area contributed by atoms with Gasteiger partial charge in [0.15, 0.2) is 0 Å². The Morgan fingerprint density at radius 2 is 1.68 bits per heavy atom. The van der Waals surface area contributed by atoms with E-state index in [0.717, 1.165) is 42.9 Å². The number of carbonyl (C=O) groups is 1. The number of anilines is 2. The van der Waals surface area contributed by atoms with Gasteiger partial charge in [-0.05, 0) is 56.0 Å². The van der Waals surface area contributed by atoms with E-state index in [1.807, 2.05) is 31.2 Å². The van der Waals surface area contributed by atoms with Crippen LogP contribution in [0.25, 0.3) is 0 Å². The third-order valence-electron chi connectivity index (χ3n) is 5.91. The zero-order chi connectivity index (χ0) is 21.8. The molecule has 0 unspecified atom stereocenters. The van der Waals surface area contributed by atoms with Crippen LogP contribution in [0, 0.1) is 6.92 Å². The Balaban J connectivity index is 1.71. The topological polar surface area (TPSA) is 79.0 Å². The summed E-state index contributed by atoms with van der Waals surface area (Å²) in [6.07, 6.45) is 3.30. The van der Waals surface area contributed by atoms with Crippen LogP contribution in [-0.4, -0.2) is 58.0 Å². The van der Waals surface area contributed by atoms with E-state index in [9.17, 15) is 13.2 Å². The first-order valence-corrected chi connectivity index (χ1v) is 12.2. The van der Waals surface area contributed by atoms with Crippen molar-refractivity contribution >= 4 is 27.3 Å². The fourth-order valence-corrected chi connectivity index (χ4v) is 5.54. The Kier molecular flexibility index (Phi) is 6.60. The van der Waals surface area contributed by atoms with Crippen molar-refractivity contribution in [2.45, 2.75) is 31.1 Å². The summed E-state index contributed by atoms with van der Waals surface area (Å²) in [6, 6.07) is 12.5. The quantitative estimate of drug-likeness (QED) is 0.767. The number of sulfonamides is 1. The SMILES string of the molecule is Cc1ccccc1NC(=O)c1cc(S(=O)(=O)N2CCOCC2)ccc1N1CCCCC1. The van der Waals surface area contributed by atoms with Crippen LogP contribution in [0.2, 0.25) is 0 Å². The molecule has 2 aliphatic heterocycles. The van der Waals surface area contributed by atoms with E-state index in [1.165, 1.54) is 16.8 Å². The van der Waals surface area contributed by atoms with E-state index in [4.69, 9.17) is 4.74 Å². The number of rotatable bonds is 5. The van der Waals surface area contributed by atoms with Gasteiger partial charge in [-0.3, -0.25) is 4.79 Å². The van der Waals surface area contributed by atoms with Crippen LogP contribution in [-0.2, 0) is 14.8 Å². The molecule has 2 aromatic rings. The highest BCUT2D eigenvalue weighted by Crippen LogP contribution is 2.29. The monoisotopic (exact) mass is 443 g/mol. The largest absolute Gasteiger partial charge is 0.379 e. The second-order valence-electron chi connectivity index (χ2n) is 8.01. The second-order valence-corrected chi connectivity index (χ2v) is 9.95. The molecule has 0 aromatic heterocycles. The van der Waals surface area contributed by atoms with Gasteiger partial charge in [-0.15, -0.1) is 0 Å². The van der Waals surface area contributed by atoms with Crippen molar-refractivity contribution in [2.24, 2.45) is 0 Å². The minimum absolute atomic E-state index is 0.144. The molecule has 0 atom stereocenters. The van der Waals surface area contributed by atoms with Crippen LogP contribution in [0.5, 0.6) is 0 Å². The fourth-order valence-electron chi connectivity index (χ4n) is 4.11. The van der Waals surface area contributed by atoms with Crippen molar-refractivity contribution in [3.8, 4) is 0 Å². The van der Waals surface area contributed by atoms with Crippen molar-refractivity contribution in [1.82, 2.24) is 4.31 Å². The van der Waals surface area contributed by atoms with E-state index in [2.05, 4.69) is 10.2 Å². The van der Waals surface area contributed by atoms with Crippen LogP contribution in [0.4, 0.5) is 11.4 Å². The minimum Gasteiger partial charge on any atom is -0.379 e. The molecular weight excluding hydrogens is 414 g/mol. The summed E-state index contributed by atoms with van der Waals surface area (Å²) in [5.41, 5.74) is 2.84. The summed E-state index contributed by atoms with van der Waals surface area (Å²) in [4.78, 5) is 15.6. The molecule has 166 valence electrons. The van der Waals surface area contributed by atoms with Crippen LogP contribution in [0.15, 0.2) is 47.4 Å². The van der Waals surface area contributed by atoms with Gasteiger partial charge in [-0.2, -0.15) is 4.31 Å². The molecule has 8 heteroatoms. The number of hydrogen-bond donors (Lipinski definition) is 1. The third-order valence-corrected chi connectivity index (χ3v) is 7.81. The lowest BCUT2D eigenvalue weighted by atomic mass is 10.1. The van der Waals surface area contributed by atoms with Crippen molar-refractivity contribution in [3.63, 3.8) is 0 Å². The maximum atomic E-state index is 13.3. The first-order valence-electron chi connectivity index (χ1n) is 10.8. The number of nitrogens with zero attached hydrogens (tertiary/aromatic N) is 2. The van der Waals surface area contributed by atoms with Crippen molar-refractivity contribution in [1.29, 1.82) is 0 Å². The van der Waals surface area contributed by atoms with Crippen LogP contribution in [0.1, 0.15) is 35.2 Å². The number of ether oxygens (including phenoxy) is 1. The molecule has 7 nitrogen and oxygen atoms in total. The van der Waals surface area contributed by atoms with Crippen LogP contribution >= 0.6 is 0 Å². The average Bonchev–Trinajstić information content (AvgIpc) is 2.81. The molecule has 4 rings (SSSR count). The molecule has 0 saturated carbocycles. The first-order chi connectivity index (χ1) is 15.0. The summed E-state index contributed by atoms with van der Waals surface area (Å²) in [6.45, 7) is 5.06. The zero-order valence-corrected chi connectivity index (χ0v) is 18.7. The second kappa shape index (κ2) is 9.38. The number of carbonyl (C=O) groups excluding carboxylic acids is 1. The highest BCUT2D eigenvalue weighted by Gasteiger charge is 2.29. The fraction of sp³-hybridized carbons (Fsp3) is 0.435. The predicted octanol–water partition coefficient (Wildman–Crippen LogP) is 3.26. The first kappa shape index (κ1) is 21.8. The summed E-state index contributed by atoms with van der Waals surface area (Å²) >= 11 is 0. The van der Waals surface area contributed by atoms with E-state index < -0.39 is 10.0 Å². The Morgan fingerprint density at radius 1 is 0.968 bits per heavy atom. The summed E-state index contributed by atoms with van der Waals surface area (Å²) < 4.78 is 33.1. The number of nitrogens with one attached hydrogen (secondary N) is 1. The molecular formula is C23H29N3O4S. The molecule has 2 aliphatic rings. The van der Waals surface area contributed by atoms with Crippen LogP contribution in [0.3, 0.4) is 0 Å². The smallest absolute Gasteiger partial charge is 0.257 e. The highest BCUT2D eigenvalue weighted by atomic mass is 32.2. The molecule has 0 radical (unpaired) electrons. The van der Waals surface area contributed by atoms with Gasteiger partial charge in [0.05, 0.1) is 23.7 Å². The van der Waals surface area contributed by atoms with Crippen molar-refractivity contribution in [2.75, 3.05) is 49.6 Å². The van der Waals surface area contributed by atoms with E-state index in [1.54, 1.807) is 12.1 Å². The Bertz CT molecular complexity index is 1040. The molecule has 2 heterocycles.